The van der Waals surface area contributed by atoms with Crippen LogP contribution in [0.3, 0.4) is 0 Å². The highest BCUT2D eigenvalue weighted by Crippen LogP contribution is 2.36. The van der Waals surface area contributed by atoms with Crippen molar-refractivity contribution in [2.24, 2.45) is 5.92 Å². The standard InChI is InChI=1S/C23H23Cl2NO2/c24-19-12-17-11-18(14-28-22(17)21(25)13-19)23(27)26-20-8-6-16(7-9-20)10-15-4-2-1-3-5-15/h6-9,11-13,15H,1-5,10,14H2,(H,26,27). The topological polar surface area (TPSA) is 38.3 Å². The van der Waals surface area contributed by atoms with Gasteiger partial charge >= 0.3 is 0 Å². The summed E-state index contributed by atoms with van der Waals surface area (Å²) in [5.41, 5.74) is 3.38. The highest BCUT2D eigenvalue weighted by atomic mass is 35.5. The molecule has 1 aliphatic heterocycles. The number of carbonyl (C=O) groups is 1. The second kappa shape index (κ2) is 8.59. The highest BCUT2D eigenvalue weighted by Gasteiger charge is 2.20. The molecule has 2 aromatic rings. The van der Waals surface area contributed by atoms with Crippen LogP contribution < -0.4 is 10.1 Å². The van der Waals surface area contributed by atoms with Crippen molar-refractivity contribution in [2.75, 3.05) is 11.9 Å². The molecular formula is C23H23Cl2NO2. The molecule has 0 spiro atoms. The van der Waals surface area contributed by atoms with Crippen LogP contribution in [0.25, 0.3) is 6.08 Å². The van der Waals surface area contributed by atoms with Crippen LogP contribution >= 0.6 is 23.2 Å². The van der Waals surface area contributed by atoms with E-state index in [1.165, 1.54) is 37.7 Å². The van der Waals surface area contributed by atoms with Crippen molar-refractivity contribution in [3.05, 3.63) is 63.1 Å². The quantitative estimate of drug-likeness (QED) is 0.615. The lowest BCUT2D eigenvalue weighted by Crippen LogP contribution is -2.21. The first-order chi connectivity index (χ1) is 13.6. The smallest absolute Gasteiger partial charge is 0.255 e. The van der Waals surface area contributed by atoms with Crippen molar-refractivity contribution in [1.29, 1.82) is 0 Å². The van der Waals surface area contributed by atoms with E-state index in [9.17, 15) is 4.79 Å². The average Bonchev–Trinajstić information content (AvgIpc) is 2.69. The number of hydrogen-bond acceptors (Lipinski definition) is 2. The van der Waals surface area contributed by atoms with Gasteiger partial charge in [0.05, 0.1) is 10.6 Å². The van der Waals surface area contributed by atoms with Gasteiger partial charge in [-0.1, -0.05) is 67.4 Å². The molecule has 1 heterocycles. The highest BCUT2D eigenvalue weighted by molar-refractivity contribution is 6.36. The number of benzene rings is 2. The van der Waals surface area contributed by atoms with Gasteiger partial charge in [-0.15, -0.1) is 0 Å². The van der Waals surface area contributed by atoms with Gasteiger partial charge in [-0.3, -0.25) is 4.79 Å². The average molecular weight is 416 g/mol. The number of nitrogens with one attached hydrogen (secondary N) is 1. The molecule has 0 radical (unpaired) electrons. The van der Waals surface area contributed by atoms with Gasteiger partial charge < -0.3 is 10.1 Å². The van der Waals surface area contributed by atoms with Crippen LogP contribution in [-0.2, 0) is 11.2 Å². The summed E-state index contributed by atoms with van der Waals surface area (Å²) in [5, 5.41) is 3.91. The van der Waals surface area contributed by atoms with Gasteiger partial charge in [0, 0.05) is 16.3 Å². The molecule has 0 unspecified atom stereocenters. The van der Waals surface area contributed by atoms with E-state index in [0.29, 0.717) is 21.4 Å². The predicted molar refractivity (Wildman–Crippen MR) is 115 cm³/mol. The molecule has 1 amide bonds. The van der Waals surface area contributed by atoms with Crippen LogP contribution in [0.15, 0.2) is 42.0 Å². The van der Waals surface area contributed by atoms with Crippen molar-refractivity contribution in [1.82, 2.24) is 0 Å². The summed E-state index contributed by atoms with van der Waals surface area (Å²) in [7, 11) is 0. The van der Waals surface area contributed by atoms with Crippen LogP contribution in [0.1, 0.15) is 43.2 Å². The monoisotopic (exact) mass is 415 g/mol. The predicted octanol–water partition coefficient (Wildman–Crippen LogP) is 6.53. The first-order valence-electron chi connectivity index (χ1n) is 9.81. The molecule has 1 saturated carbocycles. The van der Waals surface area contributed by atoms with Crippen molar-refractivity contribution in [3.63, 3.8) is 0 Å². The number of amides is 1. The minimum absolute atomic E-state index is 0.179. The van der Waals surface area contributed by atoms with E-state index < -0.39 is 0 Å². The van der Waals surface area contributed by atoms with Gasteiger partial charge in [0.15, 0.2) is 0 Å². The lowest BCUT2D eigenvalue weighted by Gasteiger charge is -2.21. The third-order valence-electron chi connectivity index (χ3n) is 5.49. The maximum atomic E-state index is 12.6. The van der Waals surface area contributed by atoms with E-state index >= 15 is 0 Å². The first-order valence-corrected chi connectivity index (χ1v) is 10.6. The third kappa shape index (κ3) is 4.53. The molecule has 1 aliphatic carbocycles. The van der Waals surface area contributed by atoms with Crippen LogP contribution in [-0.4, -0.2) is 12.5 Å². The number of rotatable bonds is 4. The lowest BCUT2D eigenvalue weighted by atomic mass is 9.85. The molecule has 4 rings (SSSR count). The maximum Gasteiger partial charge on any atom is 0.255 e. The Morgan fingerprint density at radius 1 is 1.07 bits per heavy atom. The fourth-order valence-corrected chi connectivity index (χ4v) is 4.57. The zero-order chi connectivity index (χ0) is 19.5. The Morgan fingerprint density at radius 2 is 1.82 bits per heavy atom. The van der Waals surface area contributed by atoms with Crippen LogP contribution in [0.5, 0.6) is 5.75 Å². The second-order valence-corrected chi connectivity index (χ2v) is 8.47. The largest absolute Gasteiger partial charge is 0.486 e. The Bertz CT molecular complexity index is 900. The molecule has 146 valence electrons. The van der Waals surface area contributed by atoms with Gasteiger partial charge in [0.2, 0.25) is 0 Å². The Balaban J connectivity index is 1.41. The van der Waals surface area contributed by atoms with Crippen LogP contribution in [0.2, 0.25) is 10.0 Å². The summed E-state index contributed by atoms with van der Waals surface area (Å²) in [6, 6.07) is 11.6. The molecule has 3 nitrogen and oxygen atoms in total. The molecule has 1 fully saturated rings. The normalized spacial score (nSPS) is 16.7. The van der Waals surface area contributed by atoms with E-state index in [-0.39, 0.29) is 12.5 Å². The van der Waals surface area contributed by atoms with Crippen molar-refractivity contribution < 1.29 is 9.53 Å². The van der Waals surface area contributed by atoms with Crippen LogP contribution in [0.4, 0.5) is 5.69 Å². The molecular weight excluding hydrogens is 393 g/mol. The molecule has 0 aromatic heterocycles. The molecule has 28 heavy (non-hydrogen) atoms. The maximum absolute atomic E-state index is 12.6. The molecule has 0 saturated heterocycles. The zero-order valence-corrected chi connectivity index (χ0v) is 17.2. The summed E-state index contributed by atoms with van der Waals surface area (Å²) < 4.78 is 5.66. The van der Waals surface area contributed by atoms with Crippen molar-refractivity contribution >= 4 is 40.9 Å². The number of fused-ring (bicyclic) bond motifs is 1. The summed E-state index contributed by atoms with van der Waals surface area (Å²) in [6.45, 7) is 0.181. The number of carbonyl (C=O) groups excluding carboxylic acids is 1. The zero-order valence-electron chi connectivity index (χ0n) is 15.6. The fourth-order valence-electron chi connectivity index (χ4n) is 4.01. The Labute approximate surface area is 175 Å². The van der Waals surface area contributed by atoms with Crippen molar-refractivity contribution in [2.45, 2.75) is 38.5 Å². The van der Waals surface area contributed by atoms with Crippen molar-refractivity contribution in [3.8, 4) is 5.75 Å². The molecule has 2 aliphatic rings. The number of halogens is 2. The number of hydrogen-bond donors (Lipinski definition) is 1. The van der Waals surface area contributed by atoms with Crippen LogP contribution in [0, 0.1) is 5.92 Å². The SMILES string of the molecule is O=C(Nc1ccc(CC2CCCCC2)cc1)C1=Cc2cc(Cl)cc(Cl)c2OC1. The van der Waals surface area contributed by atoms with Gasteiger partial charge in [-0.2, -0.15) is 0 Å². The minimum Gasteiger partial charge on any atom is -0.486 e. The van der Waals surface area contributed by atoms with E-state index in [1.54, 1.807) is 18.2 Å². The Hall–Kier alpha value is -1.97. The molecule has 2 aromatic carbocycles. The number of ether oxygens (including phenoxy) is 1. The Morgan fingerprint density at radius 3 is 2.57 bits per heavy atom. The van der Waals surface area contributed by atoms with E-state index in [4.69, 9.17) is 27.9 Å². The third-order valence-corrected chi connectivity index (χ3v) is 5.99. The molecule has 1 N–H and O–H groups in total. The van der Waals surface area contributed by atoms with E-state index in [1.807, 2.05) is 12.1 Å². The molecule has 0 atom stereocenters. The van der Waals surface area contributed by atoms with E-state index in [2.05, 4.69) is 17.4 Å². The number of anilines is 1. The fraction of sp³-hybridized carbons (Fsp3) is 0.348. The minimum atomic E-state index is -0.179. The summed E-state index contributed by atoms with van der Waals surface area (Å²) in [5.74, 6) is 1.19. The summed E-state index contributed by atoms with van der Waals surface area (Å²) in [6.07, 6.45) is 9.67. The van der Waals surface area contributed by atoms with Gasteiger partial charge in [-0.05, 0) is 48.2 Å². The Kier molecular flexibility index (Phi) is 5.93. The lowest BCUT2D eigenvalue weighted by molar-refractivity contribution is -0.113. The molecule has 5 heteroatoms. The van der Waals surface area contributed by atoms with Gasteiger partial charge in [0.25, 0.3) is 5.91 Å². The van der Waals surface area contributed by atoms with Gasteiger partial charge in [0.1, 0.15) is 12.4 Å². The first kappa shape index (κ1) is 19.4. The van der Waals surface area contributed by atoms with E-state index in [0.717, 1.165) is 23.6 Å². The summed E-state index contributed by atoms with van der Waals surface area (Å²) in [4.78, 5) is 12.6. The summed E-state index contributed by atoms with van der Waals surface area (Å²) >= 11 is 12.2. The second-order valence-electron chi connectivity index (χ2n) is 7.62. The molecule has 0 bridgehead atoms. The van der Waals surface area contributed by atoms with Gasteiger partial charge in [-0.25, -0.2) is 0 Å².